The minimum Gasteiger partial charge on any atom is -0.306 e. The van der Waals surface area contributed by atoms with E-state index in [-0.39, 0.29) is 0 Å². The number of hydrogen-bond acceptors (Lipinski definition) is 2. The van der Waals surface area contributed by atoms with Crippen LogP contribution >= 0.6 is 11.8 Å². The van der Waals surface area contributed by atoms with Gasteiger partial charge in [0.15, 0.2) is 0 Å². The Balaban J connectivity index is 2.05. The predicted octanol–water partition coefficient (Wildman–Crippen LogP) is 4.63. The van der Waals surface area contributed by atoms with Crippen LogP contribution in [0.3, 0.4) is 0 Å². The SMILES string of the molecule is CSC1CCCCC1NC(C)c1ccc(C)cc1C. The van der Waals surface area contributed by atoms with Crippen LogP contribution in [-0.2, 0) is 0 Å². The first-order chi connectivity index (χ1) is 9.11. The third-order valence-electron chi connectivity index (χ3n) is 4.36. The molecule has 0 heterocycles. The molecule has 0 bridgehead atoms. The molecule has 0 spiro atoms. The minimum atomic E-state index is 0.457. The van der Waals surface area contributed by atoms with Gasteiger partial charge < -0.3 is 5.32 Å². The highest BCUT2D eigenvalue weighted by Crippen LogP contribution is 2.29. The van der Waals surface area contributed by atoms with Crippen LogP contribution in [0, 0.1) is 13.8 Å². The standard InChI is InChI=1S/C17H27NS/c1-12-9-10-15(13(2)11-12)14(3)18-16-7-5-6-8-17(16)19-4/h9-11,14,16-18H,5-8H2,1-4H3. The van der Waals surface area contributed by atoms with Crippen LogP contribution < -0.4 is 5.32 Å². The molecule has 2 heteroatoms. The summed E-state index contributed by atoms with van der Waals surface area (Å²) in [6.07, 6.45) is 7.75. The zero-order valence-corrected chi connectivity index (χ0v) is 13.5. The van der Waals surface area contributed by atoms with Gasteiger partial charge in [0, 0.05) is 17.3 Å². The predicted molar refractivity (Wildman–Crippen MR) is 87.0 cm³/mol. The highest BCUT2D eigenvalue weighted by atomic mass is 32.2. The number of rotatable bonds is 4. The van der Waals surface area contributed by atoms with Crippen LogP contribution in [0.1, 0.15) is 55.3 Å². The molecule has 3 atom stereocenters. The molecule has 19 heavy (non-hydrogen) atoms. The fraction of sp³-hybridized carbons (Fsp3) is 0.647. The van der Waals surface area contributed by atoms with Crippen molar-refractivity contribution in [2.75, 3.05) is 6.26 Å². The first kappa shape index (κ1) is 14.9. The van der Waals surface area contributed by atoms with E-state index in [1.807, 2.05) is 11.8 Å². The highest BCUT2D eigenvalue weighted by molar-refractivity contribution is 7.99. The van der Waals surface area contributed by atoms with E-state index in [1.165, 1.54) is 42.4 Å². The van der Waals surface area contributed by atoms with E-state index >= 15 is 0 Å². The van der Waals surface area contributed by atoms with Gasteiger partial charge in [0.25, 0.3) is 0 Å². The van der Waals surface area contributed by atoms with Crippen LogP contribution in [0.15, 0.2) is 18.2 Å². The largest absolute Gasteiger partial charge is 0.306 e. The molecule has 1 fully saturated rings. The molecule has 3 unspecified atom stereocenters. The zero-order chi connectivity index (χ0) is 13.8. The van der Waals surface area contributed by atoms with Crippen LogP contribution in [0.5, 0.6) is 0 Å². The molecule has 1 saturated carbocycles. The van der Waals surface area contributed by atoms with Gasteiger partial charge in [-0.15, -0.1) is 0 Å². The zero-order valence-electron chi connectivity index (χ0n) is 12.7. The van der Waals surface area contributed by atoms with E-state index in [9.17, 15) is 0 Å². The summed E-state index contributed by atoms with van der Waals surface area (Å²) >= 11 is 2.04. The second-order valence-corrected chi connectivity index (χ2v) is 6.99. The summed E-state index contributed by atoms with van der Waals surface area (Å²) in [5.74, 6) is 0. The number of nitrogens with one attached hydrogen (secondary N) is 1. The molecule has 1 nitrogen and oxygen atoms in total. The van der Waals surface area contributed by atoms with Crippen molar-refractivity contribution >= 4 is 11.8 Å². The van der Waals surface area contributed by atoms with Gasteiger partial charge in [-0.2, -0.15) is 11.8 Å². The van der Waals surface area contributed by atoms with E-state index in [4.69, 9.17) is 0 Å². The number of hydrogen-bond donors (Lipinski definition) is 1. The molecule has 1 aromatic rings. The van der Waals surface area contributed by atoms with E-state index < -0.39 is 0 Å². The lowest BCUT2D eigenvalue weighted by molar-refractivity contribution is 0.356. The molecule has 1 N–H and O–H groups in total. The van der Waals surface area contributed by atoms with Crippen molar-refractivity contribution in [1.29, 1.82) is 0 Å². The van der Waals surface area contributed by atoms with E-state index in [2.05, 4.69) is 50.5 Å². The minimum absolute atomic E-state index is 0.457. The highest BCUT2D eigenvalue weighted by Gasteiger charge is 2.25. The lowest BCUT2D eigenvalue weighted by atomic mass is 9.92. The van der Waals surface area contributed by atoms with Crippen molar-refractivity contribution in [1.82, 2.24) is 5.32 Å². The summed E-state index contributed by atoms with van der Waals surface area (Å²) < 4.78 is 0. The molecular formula is C17H27NS. The Labute approximate surface area is 122 Å². The van der Waals surface area contributed by atoms with Gasteiger partial charge in [-0.05, 0) is 51.0 Å². The summed E-state index contributed by atoms with van der Waals surface area (Å²) in [6, 6.07) is 7.95. The van der Waals surface area contributed by atoms with Gasteiger partial charge in [-0.1, -0.05) is 36.6 Å². The Bertz CT molecular complexity index is 416. The van der Waals surface area contributed by atoms with Gasteiger partial charge in [0.1, 0.15) is 0 Å². The van der Waals surface area contributed by atoms with Crippen molar-refractivity contribution in [2.45, 2.75) is 63.8 Å². The van der Waals surface area contributed by atoms with E-state index in [0.717, 1.165) is 5.25 Å². The molecular weight excluding hydrogens is 250 g/mol. The maximum absolute atomic E-state index is 3.88. The molecule has 106 valence electrons. The average Bonchev–Trinajstić information content (AvgIpc) is 2.39. The van der Waals surface area contributed by atoms with E-state index in [1.54, 1.807) is 0 Å². The summed E-state index contributed by atoms with van der Waals surface area (Å²) in [5.41, 5.74) is 4.22. The Hall–Kier alpha value is -0.470. The van der Waals surface area contributed by atoms with Gasteiger partial charge >= 0.3 is 0 Å². The Morgan fingerprint density at radius 2 is 1.95 bits per heavy atom. The normalized spacial score (nSPS) is 25.3. The van der Waals surface area contributed by atoms with E-state index in [0.29, 0.717) is 12.1 Å². The molecule has 0 radical (unpaired) electrons. The number of thioether (sulfide) groups is 1. The third-order valence-corrected chi connectivity index (χ3v) is 5.53. The lowest BCUT2D eigenvalue weighted by Crippen LogP contribution is -2.41. The van der Waals surface area contributed by atoms with Gasteiger partial charge in [-0.3, -0.25) is 0 Å². The van der Waals surface area contributed by atoms with Crippen LogP contribution in [0.25, 0.3) is 0 Å². The summed E-state index contributed by atoms with van der Waals surface area (Å²) in [7, 11) is 0. The van der Waals surface area contributed by atoms with Crippen molar-refractivity contribution in [3.63, 3.8) is 0 Å². The second kappa shape index (κ2) is 6.81. The van der Waals surface area contributed by atoms with Crippen molar-refractivity contribution in [3.8, 4) is 0 Å². The molecule has 2 rings (SSSR count). The fourth-order valence-electron chi connectivity index (χ4n) is 3.29. The van der Waals surface area contributed by atoms with Gasteiger partial charge in [0.05, 0.1) is 0 Å². The van der Waals surface area contributed by atoms with Crippen molar-refractivity contribution in [3.05, 3.63) is 34.9 Å². The molecule has 1 aliphatic rings. The first-order valence-electron chi connectivity index (χ1n) is 7.48. The summed E-state index contributed by atoms with van der Waals surface area (Å²) in [6.45, 7) is 6.71. The van der Waals surface area contributed by atoms with Crippen LogP contribution in [-0.4, -0.2) is 17.5 Å². The van der Waals surface area contributed by atoms with Crippen molar-refractivity contribution in [2.24, 2.45) is 0 Å². The molecule has 1 aliphatic carbocycles. The Morgan fingerprint density at radius 1 is 1.21 bits per heavy atom. The quantitative estimate of drug-likeness (QED) is 0.861. The lowest BCUT2D eigenvalue weighted by Gasteiger charge is -2.34. The van der Waals surface area contributed by atoms with Gasteiger partial charge in [-0.25, -0.2) is 0 Å². The average molecular weight is 277 g/mol. The van der Waals surface area contributed by atoms with Crippen LogP contribution in [0.2, 0.25) is 0 Å². The number of aryl methyl sites for hydroxylation is 2. The Kier molecular flexibility index (Phi) is 5.35. The van der Waals surface area contributed by atoms with Gasteiger partial charge in [0.2, 0.25) is 0 Å². The monoisotopic (exact) mass is 277 g/mol. The molecule has 1 aromatic carbocycles. The van der Waals surface area contributed by atoms with Crippen molar-refractivity contribution < 1.29 is 0 Å². The first-order valence-corrected chi connectivity index (χ1v) is 8.76. The summed E-state index contributed by atoms with van der Waals surface area (Å²) in [5, 5.41) is 4.67. The maximum Gasteiger partial charge on any atom is 0.0297 e. The topological polar surface area (TPSA) is 12.0 Å². The smallest absolute Gasteiger partial charge is 0.0297 e. The molecule has 0 amide bonds. The molecule has 0 aliphatic heterocycles. The van der Waals surface area contributed by atoms with Crippen LogP contribution in [0.4, 0.5) is 0 Å². The maximum atomic E-state index is 3.88. The third kappa shape index (κ3) is 3.76. The second-order valence-electron chi connectivity index (χ2n) is 5.91. The molecule has 0 aromatic heterocycles. The Morgan fingerprint density at radius 3 is 2.63 bits per heavy atom. The molecule has 0 saturated heterocycles. The number of benzene rings is 1. The summed E-state index contributed by atoms with van der Waals surface area (Å²) in [4.78, 5) is 0. The fourth-order valence-corrected chi connectivity index (χ4v) is 4.24.